The fourth-order valence-corrected chi connectivity index (χ4v) is 2.03. The molecule has 3 nitrogen and oxygen atoms in total. The first-order chi connectivity index (χ1) is 8.20. The largest absolute Gasteiger partial charge is 0.438 e. The van der Waals surface area contributed by atoms with Gasteiger partial charge in [-0.25, -0.2) is 4.98 Å². The van der Waals surface area contributed by atoms with Crippen LogP contribution in [0.2, 0.25) is 5.02 Å². The molecule has 0 unspecified atom stereocenters. The van der Waals surface area contributed by atoms with Gasteiger partial charge in [-0.2, -0.15) is 0 Å². The number of rotatable bonds is 3. The molecule has 1 heterocycles. The Hall–Kier alpha value is -1.10. The molecule has 2 rings (SSSR count). The minimum Gasteiger partial charge on any atom is -0.438 e. The van der Waals surface area contributed by atoms with E-state index in [0.29, 0.717) is 26.7 Å². The highest BCUT2D eigenvalue weighted by Crippen LogP contribution is 2.30. The Morgan fingerprint density at radius 1 is 1.35 bits per heavy atom. The highest BCUT2D eigenvalue weighted by molar-refractivity contribution is 9.10. The predicted molar refractivity (Wildman–Crippen MR) is 69.4 cm³/mol. The predicted octanol–water partition coefficient (Wildman–Crippen LogP) is 3.78. The van der Waals surface area contributed by atoms with Crippen LogP contribution < -0.4 is 4.74 Å². The minimum absolute atomic E-state index is 0.0820. The van der Waals surface area contributed by atoms with Gasteiger partial charge in [0, 0.05) is 11.8 Å². The number of para-hydroxylation sites is 1. The molecule has 1 aromatic carbocycles. The van der Waals surface area contributed by atoms with Gasteiger partial charge in [0.05, 0.1) is 16.1 Å². The first-order valence-electron chi connectivity index (χ1n) is 4.88. The smallest absolute Gasteiger partial charge is 0.233 e. The van der Waals surface area contributed by atoms with Crippen LogP contribution in [0.5, 0.6) is 11.6 Å². The van der Waals surface area contributed by atoms with Crippen molar-refractivity contribution >= 4 is 27.5 Å². The van der Waals surface area contributed by atoms with Gasteiger partial charge in [0.25, 0.3) is 0 Å². The zero-order chi connectivity index (χ0) is 12.3. The average Bonchev–Trinajstić information content (AvgIpc) is 2.33. The number of aliphatic hydroxyl groups excluding tert-OH is 1. The summed E-state index contributed by atoms with van der Waals surface area (Å²) in [6.45, 7) is -0.0820. The molecule has 0 fully saturated rings. The zero-order valence-corrected chi connectivity index (χ0v) is 11.1. The van der Waals surface area contributed by atoms with E-state index in [4.69, 9.17) is 16.3 Å². The monoisotopic (exact) mass is 313 g/mol. The first-order valence-corrected chi connectivity index (χ1v) is 6.05. The number of benzene rings is 1. The number of hydrogen-bond acceptors (Lipinski definition) is 3. The van der Waals surface area contributed by atoms with Crippen LogP contribution in [-0.4, -0.2) is 10.1 Å². The van der Waals surface area contributed by atoms with E-state index in [1.807, 2.05) is 12.1 Å². The van der Waals surface area contributed by atoms with Crippen molar-refractivity contribution in [3.8, 4) is 11.6 Å². The zero-order valence-electron chi connectivity index (χ0n) is 8.73. The highest BCUT2D eigenvalue weighted by Gasteiger charge is 2.08. The molecule has 2 aromatic rings. The molecule has 0 saturated heterocycles. The third-order valence-corrected chi connectivity index (χ3v) is 2.90. The summed E-state index contributed by atoms with van der Waals surface area (Å²) >= 11 is 9.11. The molecule has 0 bridgehead atoms. The van der Waals surface area contributed by atoms with Crippen molar-refractivity contribution in [1.82, 2.24) is 4.98 Å². The summed E-state index contributed by atoms with van der Waals surface area (Å²) < 4.78 is 6.27. The second-order valence-electron chi connectivity index (χ2n) is 3.31. The van der Waals surface area contributed by atoms with E-state index in [0.717, 1.165) is 0 Å². The lowest BCUT2D eigenvalue weighted by molar-refractivity contribution is 0.276. The average molecular weight is 315 g/mol. The number of hydrogen-bond donors (Lipinski definition) is 1. The standard InChI is InChI=1S/C12H9BrClNO2/c13-10-5-9(14)6-15-12(10)17-11-4-2-1-3-8(11)7-16/h1-6,16H,7H2. The van der Waals surface area contributed by atoms with Crippen LogP contribution in [0.4, 0.5) is 0 Å². The maximum absolute atomic E-state index is 9.18. The van der Waals surface area contributed by atoms with Crippen molar-refractivity contribution in [3.63, 3.8) is 0 Å². The van der Waals surface area contributed by atoms with E-state index in [1.54, 1.807) is 18.2 Å². The van der Waals surface area contributed by atoms with Gasteiger partial charge in [0.2, 0.25) is 5.88 Å². The molecule has 0 radical (unpaired) electrons. The molecule has 0 saturated carbocycles. The molecule has 0 amide bonds. The SMILES string of the molecule is OCc1ccccc1Oc1ncc(Cl)cc1Br. The van der Waals surface area contributed by atoms with Crippen LogP contribution in [0.3, 0.4) is 0 Å². The normalized spacial score (nSPS) is 10.3. The number of ether oxygens (including phenoxy) is 1. The van der Waals surface area contributed by atoms with Gasteiger partial charge >= 0.3 is 0 Å². The molecule has 0 aliphatic rings. The molecular formula is C12H9BrClNO2. The van der Waals surface area contributed by atoms with Crippen LogP contribution >= 0.6 is 27.5 Å². The Kier molecular flexibility index (Phi) is 3.99. The lowest BCUT2D eigenvalue weighted by atomic mass is 10.2. The quantitative estimate of drug-likeness (QED) is 0.937. The number of aliphatic hydroxyl groups is 1. The molecule has 88 valence electrons. The maximum Gasteiger partial charge on any atom is 0.233 e. The van der Waals surface area contributed by atoms with Gasteiger partial charge in [0.1, 0.15) is 5.75 Å². The van der Waals surface area contributed by atoms with Crippen LogP contribution in [-0.2, 0) is 6.61 Å². The van der Waals surface area contributed by atoms with Crippen molar-refractivity contribution in [2.24, 2.45) is 0 Å². The summed E-state index contributed by atoms with van der Waals surface area (Å²) in [4.78, 5) is 4.07. The van der Waals surface area contributed by atoms with Crippen LogP contribution in [0, 0.1) is 0 Å². The molecule has 0 atom stereocenters. The summed E-state index contributed by atoms with van der Waals surface area (Å²) in [5, 5.41) is 9.70. The van der Waals surface area contributed by atoms with Gasteiger partial charge < -0.3 is 9.84 Å². The highest BCUT2D eigenvalue weighted by atomic mass is 79.9. The van der Waals surface area contributed by atoms with Crippen molar-refractivity contribution < 1.29 is 9.84 Å². The van der Waals surface area contributed by atoms with Crippen molar-refractivity contribution in [2.75, 3.05) is 0 Å². The Morgan fingerprint density at radius 3 is 2.82 bits per heavy atom. The van der Waals surface area contributed by atoms with E-state index in [9.17, 15) is 5.11 Å². The van der Waals surface area contributed by atoms with Crippen molar-refractivity contribution in [3.05, 3.63) is 51.6 Å². The van der Waals surface area contributed by atoms with Crippen LogP contribution in [0.1, 0.15) is 5.56 Å². The van der Waals surface area contributed by atoms with Crippen molar-refractivity contribution in [2.45, 2.75) is 6.61 Å². The Balaban J connectivity index is 2.31. The number of nitrogens with zero attached hydrogens (tertiary/aromatic N) is 1. The molecule has 17 heavy (non-hydrogen) atoms. The fraction of sp³-hybridized carbons (Fsp3) is 0.0833. The number of halogens is 2. The Morgan fingerprint density at radius 2 is 2.12 bits per heavy atom. The van der Waals surface area contributed by atoms with E-state index in [1.165, 1.54) is 6.20 Å². The van der Waals surface area contributed by atoms with Gasteiger partial charge in [-0.3, -0.25) is 0 Å². The van der Waals surface area contributed by atoms with Gasteiger partial charge in [-0.1, -0.05) is 29.8 Å². The van der Waals surface area contributed by atoms with E-state index in [2.05, 4.69) is 20.9 Å². The van der Waals surface area contributed by atoms with Crippen LogP contribution in [0.15, 0.2) is 41.0 Å². The van der Waals surface area contributed by atoms with Gasteiger partial charge in [-0.05, 0) is 28.1 Å². The summed E-state index contributed by atoms with van der Waals surface area (Å²) in [5.41, 5.74) is 0.705. The van der Waals surface area contributed by atoms with Crippen LogP contribution in [0.25, 0.3) is 0 Å². The lowest BCUT2D eigenvalue weighted by Gasteiger charge is -2.09. The molecule has 0 aliphatic carbocycles. The molecule has 0 spiro atoms. The molecular weight excluding hydrogens is 305 g/mol. The topological polar surface area (TPSA) is 42.4 Å². The maximum atomic E-state index is 9.18. The minimum atomic E-state index is -0.0820. The summed E-state index contributed by atoms with van der Waals surface area (Å²) in [7, 11) is 0. The van der Waals surface area contributed by atoms with E-state index < -0.39 is 0 Å². The Labute approximate surface area is 112 Å². The molecule has 1 N–H and O–H groups in total. The third kappa shape index (κ3) is 2.97. The van der Waals surface area contributed by atoms with Gasteiger partial charge in [-0.15, -0.1) is 0 Å². The molecule has 1 aromatic heterocycles. The van der Waals surface area contributed by atoms with Crippen molar-refractivity contribution in [1.29, 1.82) is 0 Å². The van der Waals surface area contributed by atoms with Gasteiger partial charge in [0.15, 0.2) is 0 Å². The Bertz CT molecular complexity index is 534. The second kappa shape index (κ2) is 5.49. The number of pyridine rings is 1. The summed E-state index contributed by atoms with van der Waals surface area (Å²) in [5.74, 6) is 0.987. The third-order valence-electron chi connectivity index (χ3n) is 2.12. The fourth-order valence-electron chi connectivity index (χ4n) is 1.32. The summed E-state index contributed by atoms with van der Waals surface area (Å²) in [6, 6.07) is 8.93. The van der Waals surface area contributed by atoms with E-state index >= 15 is 0 Å². The summed E-state index contributed by atoms with van der Waals surface area (Å²) in [6.07, 6.45) is 1.50. The molecule has 5 heteroatoms. The first kappa shape index (κ1) is 12.4. The van der Waals surface area contributed by atoms with E-state index in [-0.39, 0.29) is 6.61 Å². The molecule has 0 aliphatic heterocycles. The number of aromatic nitrogens is 1. The lowest BCUT2D eigenvalue weighted by Crippen LogP contribution is -1.93. The second-order valence-corrected chi connectivity index (χ2v) is 4.60.